The number of methoxy groups -OCH3 is 2. The number of carbonyl (C=O) groups is 1. The van der Waals surface area contributed by atoms with Crippen molar-refractivity contribution >= 4 is 11.6 Å². The molecule has 1 N–H and O–H groups in total. The molecule has 0 bridgehead atoms. The molecule has 29 heavy (non-hydrogen) atoms. The number of ether oxygens (including phenoxy) is 3. The summed E-state index contributed by atoms with van der Waals surface area (Å²) in [5.74, 6) is 1.03. The minimum Gasteiger partial charge on any atom is -0.493 e. The Morgan fingerprint density at radius 1 is 1.10 bits per heavy atom. The number of hydrogen-bond donors (Lipinski definition) is 1. The Bertz CT molecular complexity index is 946. The minimum absolute atomic E-state index is 0.242. The number of benzene rings is 2. The van der Waals surface area contributed by atoms with Gasteiger partial charge in [-0.1, -0.05) is 18.2 Å². The van der Waals surface area contributed by atoms with Gasteiger partial charge in [-0.15, -0.1) is 0 Å². The van der Waals surface area contributed by atoms with Crippen LogP contribution >= 0.6 is 0 Å². The quantitative estimate of drug-likeness (QED) is 0.586. The number of anilines is 1. The highest BCUT2D eigenvalue weighted by Gasteiger charge is 2.23. The molecule has 1 aromatic heterocycles. The van der Waals surface area contributed by atoms with Crippen molar-refractivity contribution in [2.24, 2.45) is 0 Å². The largest absolute Gasteiger partial charge is 0.493 e. The Labute approximate surface area is 168 Å². The molecule has 152 valence electrons. The number of rotatable bonds is 9. The summed E-state index contributed by atoms with van der Waals surface area (Å²) in [6, 6.07) is 12.7. The Morgan fingerprint density at radius 3 is 2.59 bits per heavy atom. The van der Waals surface area contributed by atoms with Crippen LogP contribution in [0.25, 0.3) is 0 Å². The molecule has 1 amide bonds. The molecular formula is C20H22N5O4-. The summed E-state index contributed by atoms with van der Waals surface area (Å²) in [6.07, 6.45) is 0.330. The summed E-state index contributed by atoms with van der Waals surface area (Å²) in [4.78, 5) is 13.1. The maximum absolute atomic E-state index is 13.1. The van der Waals surface area contributed by atoms with Crippen molar-refractivity contribution in [2.75, 3.05) is 26.1 Å². The number of nitrogens with one attached hydrogen (secondary N) is 1. The van der Waals surface area contributed by atoms with Crippen LogP contribution in [0, 0.1) is 0 Å². The Balaban J connectivity index is 1.86. The lowest BCUT2D eigenvalue weighted by Crippen LogP contribution is -2.25. The van der Waals surface area contributed by atoms with E-state index >= 15 is 0 Å². The van der Waals surface area contributed by atoms with E-state index in [1.165, 1.54) is 0 Å². The smallest absolute Gasteiger partial charge is 0.232 e. The van der Waals surface area contributed by atoms with Crippen LogP contribution in [0.2, 0.25) is 0 Å². The molecular weight excluding hydrogens is 374 g/mol. The van der Waals surface area contributed by atoms with Crippen LogP contribution in [0.15, 0.2) is 42.5 Å². The Hall–Kier alpha value is -3.62. The third kappa shape index (κ3) is 4.81. The van der Waals surface area contributed by atoms with E-state index in [0.29, 0.717) is 36.0 Å². The summed E-state index contributed by atoms with van der Waals surface area (Å²) in [7, 11) is 3.13. The number of nitrogens with zero attached hydrogens (tertiary/aromatic N) is 4. The zero-order valence-corrected chi connectivity index (χ0v) is 16.5. The minimum atomic E-state index is -0.696. The van der Waals surface area contributed by atoms with Crippen molar-refractivity contribution in [3.8, 4) is 17.2 Å². The van der Waals surface area contributed by atoms with Crippen LogP contribution in [-0.2, 0) is 11.2 Å². The second-order valence-corrected chi connectivity index (χ2v) is 6.10. The molecule has 0 aliphatic carbocycles. The fourth-order valence-electron chi connectivity index (χ4n) is 2.91. The maximum Gasteiger partial charge on any atom is 0.232 e. The molecule has 1 atom stereocenters. The van der Waals surface area contributed by atoms with E-state index in [0.717, 1.165) is 5.56 Å². The summed E-state index contributed by atoms with van der Waals surface area (Å²) in [6.45, 7) is 2.37. The topological polar surface area (TPSA) is 110 Å². The first-order valence-corrected chi connectivity index (χ1v) is 9.08. The number of carbonyl (C=O) groups excluding carboxylic acids is 1. The standard InChI is InChI=1S/C20H23N5O4/c1-4-29-16-8-6-5-7-15(16)21-20(26)14(19-22-24-25-23-19)11-13-9-10-17(27-2)18(12-13)28-3/h5-10,12,14H,4,11H2,1-3H3,(H2,21,22,23,24,25,26)/p-1/t14-/m1/s1. The highest BCUT2D eigenvalue weighted by molar-refractivity contribution is 5.96. The van der Waals surface area contributed by atoms with Crippen LogP contribution in [-0.4, -0.2) is 42.3 Å². The van der Waals surface area contributed by atoms with Gasteiger partial charge in [-0.25, -0.2) is 0 Å². The van der Waals surface area contributed by atoms with Crippen LogP contribution in [0.3, 0.4) is 0 Å². The van der Waals surface area contributed by atoms with Gasteiger partial charge in [-0.2, -0.15) is 5.21 Å². The van der Waals surface area contributed by atoms with Gasteiger partial charge in [0.2, 0.25) is 5.91 Å². The number of amides is 1. The predicted molar refractivity (Wildman–Crippen MR) is 105 cm³/mol. The lowest BCUT2D eigenvalue weighted by atomic mass is 9.97. The predicted octanol–water partition coefficient (Wildman–Crippen LogP) is 2.21. The van der Waals surface area contributed by atoms with Crippen molar-refractivity contribution in [3.05, 3.63) is 53.9 Å². The van der Waals surface area contributed by atoms with Gasteiger partial charge in [0.1, 0.15) is 5.75 Å². The van der Waals surface area contributed by atoms with Crippen molar-refractivity contribution in [1.29, 1.82) is 0 Å². The highest BCUT2D eigenvalue weighted by atomic mass is 16.5. The number of tetrazole rings is 1. The Morgan fingerprint density at radius 2 is 1.90 bits per heavy atom. The van der Waals surface area contributed by atoms with Crippen LogP contribution in [0.1, 0.15) is 24.2 Å². The van der Waals surface area contributed by atoms with Gasteiger partial charge in [-0.3, -0.25) is 15.1 Å². The van der Waals surface area contributed by atoms with E-state index in [4.69, 9.17) is 14.2 Å². The van der Waals surface area contributed by atoms with Gasteiger partial charge in [-0.05, 0) is 43.2 Å². The molecule has 2 aromatic carbocycles. The molecule has 3 aromatic rings. The molecule has 0 spiro atoms. The molecule has 0 aliphatic heterocycles. The lowest BCUT2D eigenvalue weighted by molar-refractivity contribution is -0.117. The van der Waals surface area contributed by atoms with Gasteiger partial charge in [0.25, 0.3) is 0 Å². The number of para-hydroxylation sites is 2. The van der Waals surface area contributed by atoms with Crippen molar-refractivity contribution in [1.82, 2.24) is 20.6 Å². The summed E-state index contributed by atoms with van der Waals surface area (Å²) in [5, 5.41) is 17.7. The van der Waals surface area contributed by atoms with Crippen molar-refractivity contribution in [3.63, 3.8) is 0 Å². The molecule has 0 unspecified atom stereocenters. The second kappa shape index (κ2) is 9.54. The number of aromatic nitrogens is 4. The third-order valence-electron chi connectivity index (χ3n) is 4.30. The van der Waals surface area contributed by atoms with Gasteiger partial charge in [0, 0.05) is 5.82 Å². The SMILES string of the molecule is CCOc1ccccc1NC(=O)[C@H](Cc1ccc(OC)c(OC)c1)c1nnn[n-]1. The zero-order valence-electron chi connectivity index (χ0n) is 16.5. The third-order valence-corrected chi connectivity index (χ3v) is 4.30. The number of hydrogen-bond acceptors (Lipinski definition) is 7. The van der Waals surface area contributed by atoms with Crippen LogP contribution in [0.5, 0.6) is 17.2 Å². The molecule has 1 heterocycles. The summed E-state index contributed by atoms with van der Waals surface area (Å²) < 4.78 is 16.2. The van der Waals surface area contributed by atoms with Gasteiger partial charge in [0.15, 0.2) is 11.5 Å². The van der Waals surface area contributed by atoms with Crippen molar-refractivity contribution < 1.29 is 19.0 Å². The maximum atomic E-state index is 13.1. The molecule has 0 saturated carbocycles. The average Bonchev–Trinajstić information content (AvgIpc) is 3.27. The highest BCUT2D eigenvalue weighted by Crippen LogP contribution is 2.31. The van der Waals surface area contributed by atoms with E-state index in [1.54, 1.807) is 32.4 Å². The molecule has 0 saturated heterocycles. The molecule has 3 rings (SSSR count). The van der Waals surface area contributed by atoms with Crippen molar-refractivity contribution in [2.45, 2.75) is 19.3 Å². The molecule has 9 heteroatoms. The molecule has 9 nitrogen and oxygen atoms in total. The first kappa shape index (κ1) is 20.1. The Kier molecular flexibility index (Phi) is 6.62. The van der Waals surface area contributed by atoms with E-state index in [-0.39, 0.29) is 11.7 Å². The normalized spacial score (nSPS) is 11.6. The fourth-order valence-corrected chi connectivity index (χ4v) is 2.91. The van der Waals surface area contributed by atoms with Crippen LogP contribution < -0.4 is 24.6 Å². The van der Waals surface area contributed by atoms with E-state index in [2.05, 4.69) is 25.9 Å². The molecule has 0 fully saturated rings. The average molecular weight is 396 g/mol. The zero-order chi connectivity index (χ0) is 20.6. The van der Waals surface area contributed by atoms with Gasteiger partial charge in [0.05, 0.1) is 32.4 Å². The monoisotopic (exact) mass is 396 g/mol. The fraction of sp³-hybridized carbons (Fsp3) is 0.300. The second-order valence-electron chi connectivity index (χ2n) is 6.10. The molecule has 0 aliphatic rings. The summed E-state index contributed by atoms with van der Waals surface area (Å²) in [5.41, 5.74) is 1.43. The van der Waals surface area contributed by atoms with Crippen LogP contribution in [0.4, 0.5) is 5.69 Å². The van der Waals surface area contributed by atoms with E-state index in [1.807, 2.05) is 31.2 Å². The molecule has 0 radical (unpaired) electrons. The summed E-state index contributed by atoms with van der Waals surface area (Å²) >= 11 is 0. The van der Waals surface area contributed by atoms with E-state index in [9.17, 15) is 4.79 Å². The lowest BCUT2D eigenvalue weighted by Gasteiger charge is -2.19. The first-order valence-electron chi connectivity index (χ1n) is 9.08. The van der Waals surface area contributed by atoms with Gasteiger partial charge >= 0.3 is 0 Å². The van der Waals surface area contributed by atoms with Gasteiger partial charge < -0.3 is 24.6 Å². The first-order chi connectivity index (χ1) is 14.2. The van der Waals surface area contributed by atoms with E-state index < -0.39 is 5.92 Å².